The van der Waals surface area contributed by atoms with Crippen molar-refractivity contribution in [1.29, 1.82) is 0 Å². The number of nitrogens with zero attached hydrogens (tertiary/aromatic N) is 2. The second-order valence-electron chi connectivity index (χ2n) is 17.2. The van der Waals surface area contributed by atoms with E-state index in [1.54, 1.807) is 0 Å². The van der Waals surface area contributed by atoms with Crippen molar-refractivity contribution >= 4 is 70.4 Å². The summed E-state index contributed by atoms with van der Waals surface area (Å²) in [6.07, 6.45) is 0. The van der Waals surface area contributed by atoms with Crippen molar-refractivity contribution in [2.75, 3.05) is 4.90 Å². The summed E-state index contributed by atoms with van der Waals surface area (Å²) in [4.78, 5) is 2.47. The molecule has 2 nitrogen and oxygen atoms in total. The van der Waals surface area contributed by atoms with Gasteiger partial charge in [-0.1, -0.05) is 170 Å². The van der Waals surface area contributed by atoms with E-state index < -0.39 is 5.41 Å². The summed E-state index contributed by atoms with van der Waals surface area (Å²) < 4.78 is 5.11. The fourth-order valence-corrected chi connectivity index (χ4v) is 12.6. The Morgan fingerprint density at radius 1 is 0.359 bits per heavy atom. The van der Waals surface area contributed by atoms with Crippen LogP contribution < -0.4 is 4.90 Å². The van der Waals surface area contributed by atoms with E-state index in [-0.39, 0.29) is 0 Å². The van der Waals surface area contributed by atoms with Gasteiger partial charge in [0.2, 0.25) is 0 Å². The highest BCUT2D eigenvalue weighted by molar-refractivity contribution is 7.26. The van der Waals surface area contributed by atoms with Crippen LogP contribution in [-0.4, -0.2) is 4.57 Å². The smallest absolute Gasteiger partial charge is 0.0726 e. The van der Waals surface area contributed by atoms with E-state index in [1.165, 1.54) is 97.6 Å². The molecule has 2 aliphatic carbocycles. The van der Waals surface area contributed by atoms with Gasteiger partial charge in [0.1, 0.15) is 0 Å². The first-order valence-electron chi connectivity index (χ1n) is 22.1. The highest BCUT2D eigenvalue weighted by atomic mass is 32.1. The van der Waals surface area contributed by atoms with Crippen LogP contribution in [0.5, 0.6) is 0 Å². The van der Waals surface area contributed by atoms with E-state index >= 15 is 0 Å². The second-order valence-corrected chi connectivity index (χ2v) is 18.2. The molecule has 64 heavy (non-hydrogen) atoms. The Labute approximate surface area is 375 Å². The van der Waals surface area contributed by atoms with Crippen LogP contribution in [0, 0.1) is 0 Å². The molecule has 0 amide bonds. The van der Waals surface area contributed by atoms with Crippen molar-refractivity contribution in [2.24, 2.45) is 0 Å². The number of anilines is 3. The van der Waals surface area contributed by atoms with Crippen LogP contribution in [0.1, 0.15) is 22.3 Å². The minimum Gasteiger partial charge on any atom is -0.310 e. The fraction of sp³-hybridized carbons (Fsp3) is 0.0164. The molecule has 2 aliphatic rings. The van der Waals surface area contributed by atoms with Crippen LogP contribution in [0.25, 0.3) is 81.0 Å². The molecule has 3 heteroatoms. The van der Waals surface area contributed by atoms with Gasteiger partial charge in [0.25, 0.3) is 0 Å². The zero-order chi connectivity index (χ0) is 41.9. The number of rotatable bonds is 5. The van der Waals surface area contributed by atoms with Crippen molar-refractivity contribution in [2.45, 2.75) is 5.41 Å². The maximum atomic E-state index is 2.50. The standard InChI is InChI=1S/C61H38N2S/c1-3-15-39(16-4-1)40-27-29-42(30-28-40)62(44-31-33-48-47-21-9-13-25-55(47)61(56(48)38-44)53-23-11-7-19-45(53)46-20-8-12-24-54(46)61)43-32-36-57-52(37-43)50-34-35-51-49-22-10-14-26-58(49)64-60(51)59(50)63(57)41-17-5-2-6-18-41/h1-38H. The predicted molar refractivity (Wildman–Crippen MR) is 270 cm³/mol. The lowest BCUT2D eigenvalue weighted by molar-refractivity contribution is 0.793. The molecule has 0 fully saturated rings. The van der Waals surface area contributed by atoms with E-state index in [4.69, 9.17) is 0 Å². The first-order valence-corrected chi connectivity index (χ1v) is 22.9. The van der Waals surface area contributed by atoms with Gasteiger partial charge < -0.3 is 9.47 Å². The highest BCUT2D eigenvalue weighted by Crippen LogP contribution is 2.63. The Morgan fingerprint density at radius 2 is 0.891 bits per heavy atom. The lowest BCUT2D eigenvalue weighted by atomic mass is 9.70. The van der Waals surface area contributed by atoms with E-state index in [9.17, 15) is 0 Å². The third-order valence-electron chi connectivity index (χ3n) is 14.0. The Balaban J connectivity index is 1.03. The Kier molecular flexibility index (Phi) is 7.51. The molecule has 0 radical (unpaired) electrons. The minimum absolute atomic E-state index is 0.444. The Hall–Kier alpha value is -7.98. The molecular formula is C61H38N2S. The largest absolute Gasteiger partial charge is 0.310 e. The van der Waals surface area contributed by atoms with Crippen LogP contribution in [0.2, 0.25) is 0 Å². The van der Waals surface area contributed by atoms with E-state index in [2.05, 4.69) is 240 Å². The van der Waals surface area contributed by atoms with Crippen molar-refractivity contribution in [3.63, 3.8) is 0 Å². The SMILES string of the molecule is c1ccc(-c2ccc(N(c3ccc4c(c3)C3(c5ccccc5-c5ccccc53)c3ccccc3-4)c3ccc4c(c3)c3ccc5c6ccccc6sc5c3n4-c3ccccc3)cc2)cc1. The summed E-state index contributed by atoms with van der Waals surface area (Å²) in [5, 5.41) is 5.09. The van der Waals surface area contributed by atoms with Gasteiger partial charge in [0.15, 0.2) is 0 Å². The molecule has 1 spiro atoms. The summed E-state index contributed by atoms with van der Waals surface area (Å²) in [5.41, 5.74) is 19.5. The Bertz CT molecular complexity index is 3780. The molecule has 2 aromatic heterocycles. The predicted octanol–water partition coefficient (Wildman–Crippen LogP) is 16.6. The average molecular weight is 831 g/mol. The molecular weight excluding hydrogens is 793 g/mol. The number of hydrogen-bond donors (Lipinski definition) is 0. The summed E-state index contributed by atoms with van der Waals surface area (Å²) in [6, 6.07) is 85.7. The first-order chi connectivity index (χ1) is 31.8. The third-order valence-corrected chi connectivity index (χ3v) is 15.2. The third kappa shape index (κ3) is 4.85. The van der Waals surface area contributed by atoms with Crippen molar-refractivity contribution in [1.82, 2.24) is 4.57 Å². The molecule has 298 valence electrons. The molecule has 0 atom stereocenters. The lowest BCUT2D eigenvalue weighted by Crippen LogP contribution is -2.26. The van der Waals surface area contributed by atoms with Gasteiger partial charge in [-0.05, 0) is 116 Å². The van der Waals surface area contributed by atoms with E-state index in [1.807, 2.05) is 11.3 Å². The van der Waals surface area contributed by atoms with Gasteiger partial charge in [0, 0.05) is 49.0 Å². The fourth-order valence-electron chi connectivity index (χ4n) is 11.4. The number of hydrogen-bond acceptors (Lipinski definition) is 2. The van der Waals surface area contributed by atoms with Gasteiger partial charge in [-0.2, -0.15) is 0 Å². The summed E-state index contributed by atoms with van der Waals surface area (Å²) in [6.45, 7) is 0. The summed E-state index contributed by atoms with van der Waals surface area (Å²) >= 11 is 1.89. The quantitative estimate of drug-likeness (QED) is 0.168. The number of aromatic nitrogens is 1. The van der Waals surface area contributed by atoms with Crippen molar-refractivity contribution < 1.29 is 0 Å². The van der Waals surface area contributed by atoms with Crippen LogP contribution in [0.4, 0.5) is 17.1 Å². The molecule has 0 saturated heterocycles. The highest BCUT2D eigenvalue weighted by Gasteiger charge is 2.51. The molecule has 0 unspecified atom stereocenters. The normalized spacial score (nSPS) is 13.1. The van der Waals surface area contributed by atoms with Crippen LogP contribution in [-0.2, 0) is 5.41 Å². The zero-order valence-corrected chi connectivity index (χ0v) is 35.6. The van der Waals surface area contributed by atoms with Crippen LogP contribution >= 0.6 is 11.3 Å². The number of thiophene rings is 1. The van der Waals surface area contributed by atoms with E-state index in [0.29, 0.717) is 0 Å². The number of benzene rings is 10. The van der Waals surface area contributed by atoms with Crippen molar-refractivity contribution in [3.8, 4) is 39.1 Å². The molecule has 0 bridgehead atoms. The maximum absolute atomic E-state index is 2.50. The molecule has 14 rings (SSSR count). The van der Waals surface area contributed by atoms with Gasteiger partial charge in [-0.15, -0.1) is 11.3 Å². The first kappa shape index (κ1) is 35.6. The summed E-state index contributed by atoms with van der Waals surface area (Å²) in [7, 11) is 0. The molecule has 0 N–H and O–H groups in total. The number of para-hydroxylation sites is 1. The molecule has 0 saturated carbocycles. The van der Waals surface area contributed by atoms with Crippen LogP contribution in [0.3, 0.4) is 0 Å². The molecule has 10 aromatic carbocycles. The van der Waals surface area contributed by atoms with Gasteiger partial charge in [0.05, 0.1) is 21.1 Å². The topological polar surface area (TPSA) is 8.17 Å². The Morgan fingerprint density at radius 3 is 1.59 bits per heavy atom. The average Bonchev–Trinajstić information content (AvgIpc) is 4.09. The molecule has 2 heterocycles. The van der Waals surface area contributed by atoms with E-state index in [0.717, 1.165) is 22.7 Å². The molecule has 0 aliphatic heterocycles. The van der Waals surface area contributed by atoms with Crippen molar-refractivity contribution in [3.05, 3.63) is 253 Å². The van der Waals surface area contributed by atoms with Gasteiger partial charge in [-0.25, -0.2) is 0 Å². The molecule has 12 aromatic rings. The summed E-state index contributed by atoms with van der Waals surface area (Å²) in [5.74, 6) is 0. The maximum Gasteiger partial charge on any atom is 0.0726 e. The van der Waals surface area contributed by atoms with Gasteiger partial charge in [-0.3, -0.25) is 0 Å². The zero-order valence-electron chi connectivity index (χ0n) is 34.7. The van der Waals surface area contributed by atoms with Crippen LogP contribution in [0.15, 0.2) is 231 Å². The second kappa shape index (κ2) is 13.5. The lowest BCUT2D eigenvalue weighted by Gasteiger charge is -2.32. The number of fused-ring (bicyclic) bond motifs is 17. The monoisotopic (exact) mass is 830 g/mol. The van der Waals surface area contributed by atoms with Gasteiger partial charge >= 0.3 is 0 Å². The minimum atomic E-state index is -0.444.